The van der Waals surface area contributed by atoms with E-state index < -0.39 is 17.7 Å². The Balaban J connectivity index is 0.000000861. The number of ether oxygens (including phenoxy) is 1. The Hall–Kier alpha value is -0.258. The molecule has 0 saturated carbocycles. The van der Waals surface area contributed by atoms with Gasteiger partial charge in [-0.05, 0) is 0 Å². The van der Waals surface area contributed by atoms with Gasteiger partial charge in [-0.25, -0.2) is 0 Å². The summed E-state index contributed by atoms with van der Waals surface area (Å²) in [6.45, 7) is -0.0948. The average Bonchev–Trinajstić information content (AvgIpc) is 2.91. The minimum atomic E-state index is -0.567. The first-order valence-electron chi connectivity index (χ1n) is 5.55. The zero-order valence-corrected chi connectivity index (χ0v) is 15.6. The molecule has 1 aromatic heterocycles. The molecule has 1 aromatic rings. The number of aromatic nitrogens is 2. The monoisotopic (exact) mass is 483 g/mol. The van der Waals surface area contributed by atoms with Crippen molar-refractivity contribution in [2.75, 3.05) is 16.1 Å². The van der Waals surface area contributed by atoms with Crippen molar-refractivity contribution in [2.45, 2.75) is 25.2 Å². The molecule has 2 unspecified atom stereocenters. The van der Waals surface area contributed by atoms with Crippen molar-refractivity contribution in [1.82, 2.24) is 9.55 Å². The van der Waals surface area contributed by atoms with Crippen molar-refractivity contribution in [3.8, 4) is 0 Å². The number of hydrogen-bond donors (Lipinski definition) is 2. The van der Waals surface area contributed by atoms with Gasteiger partial charge in [0.15, 0.2) is 0 Å². The van der Waals surface area contributed by atoms with Crippen LogP contribution in [0.1, 0.15) is 19.1 Å². The van der Waals surface area contributed by atoms with E-state index in [9.17, 15) is 9.18 Å². The van der Waals surface area contributed by atoms with E-state index in [0.717, 1.165) is 10.8 Å². The molecule has 0 spiro atoms. The zero-order valence-electron chi connectivity index (χ0n) is 10.3. The first-order chi connectivity index (χ1) is 9.15. The first kappa shape index (κ1) is 16.8. The fourth-order valence-corrected chi connectivity index (χ4v) is 2.57. The van der Waals surface area contributed by atoms with Crippen LogP contribution in [0.5, 0.6) is 0 Å². The summed E-state index contributed by atoms with van der Waals surface area (Å²) in [5.74, 6) is -0.573. The van der Waals surface area contributed by atoms with Gasteiger partial charge in [-0.3, -0.25) is 0 Å². The molecule has 1 aliphatic heterocycles. The Kier molecular flexibility index (Phi) is 7.18. The molecule has 0 bridgehead atoms. The van der Waals surface area contributed by atoms with Crippen molar-refractivity contribution in [3.05, 3.63) is 22.5 Å². The van der Waals surface area contributed by atoms with E-state index in [1.807, 2.05) is 0 Å². The fraction of sp³-hybridized carbons (Fsp3) is 0.600. The molecule has 0 radical (unpaired) electrons. The summed E-state index contributed by atoms with van der Waals surface area (Å²) >= 11 is 4.96. The van der Waals surface area contributed by atoms with E-state index >= 15 is 0 Å². The predicted octanol–water partition coefficient (Wildman–Crippen LogP) is 0.403. The van der Waals surface area contributed by atoms with Crippen molar-refractivity contribution >= 4 is 43.5 Å². The van der Waals surface area contributed by atoms with Crippen LogP contribution in [0.3, 0.4) is 0 Å². The number of anilines is 1. The van der Waals surface area contributed by atoms with Crippen LogP contribution in [0.15, 0.2) is 11.0 Å². The van der Waals surface area contributed by atoms with Crippen LogP contribution in [0, 0.1) is 5.82 Å². The quantitative estimate of drug-likeness (QED) is 0.482. The summed E-state index contributed by atoms with van der Waals surface area (Å²) in [7, 11) is 0. The van der Waals surface area contributed by atoms with Gasteiger partial charge in [-0.1, -0.05) is 0 Å². The van der Waals surface area contributed by atoms with Crippen LogP contribution < -0.4 is 8.82 Å². The Morgan fingerprint density at radius 2 is 2.37 bits per heavy atom. The molecule has 1 saturated heterocycles. The zero-order chi connectivity index (χ0) is 14.4. The molecule has 19 heavy (non-hydrogen) atoms. The Bertz CT molecular complexity index is 474. The number of rotatable bonds is 3. The fourth-order valence-electron chi connectivity index (χ4n) is 1.78. The summed E-state index contributed by atoms with van der Waals surface area (Å²) in [4.78, 5) is 15.3. The van der Waals surface area contributed by atoms with Gasteiger partial charge in [0, 0.05) is 6.38 Å². The van der Waals surface area contributed by atoms with Crippen molar-refractivity contribution < 1.29 is 14.2 Å². The van der Waals surface area contributed by atoms with Gasteiger partial charge in [0.05, 0.1) is 0 Å². The van der Waals surface area contributed by atoms with E-state index in [1.54, 1.807) is 0 Å². The van der Waals surface area contributed by atoms with Crippen LogP contribution in [0.2, 0.25) is 0 Å². The van der Waals surface area contributed by atoms with Gasteiger partial charge in [0.2, 0.25) is 0 Å². The molecule has 1 fully saturated rings. The Labute approximate surface area is 131 Å². The first-order valence-corrected chi connectivity index (χ1v) is 8.55. The second-order valence-corrected chi connectivity index (χ2v) is 4.87. The molecule has 9 heteroatoms. The third kappa shape index (κ3) is 4.10. The number of aliphatic hydroxyl groups is 1. The minimum absolute atomic E-state index is 0.00652. The summed E-state index contributed by atoms with van der Waals surface area (Å²) in [6.07, 6.45) is 2.98. The van der Waals surface area contributed by atoms with Gasteiger partial charge in [0.1, 0.15) is 0 Å². The maximum atomic E-state index is 13.5. The molecule has 2 rings (SSSR count). The van der Waals surface area contributed by atoms with Crippen LogP contribution in [0.25, 0.3) is 0 Å². The number of alkyl halides is 1. The topological polar surface area (TPSA) is 76.4 Å². The second-order valence-electron chi connectivity index (χ2n) is 3.74. The van der Waals surface area contributed by atoms with Crippen LogP contribution in [-0.2, 0) is 4.74 Å². The Morgan fingerprint density at radius 1 is 1.68 bits per heavy atom. The molecular formula is C10H14ClFN3O3Tl. The predicted molar refractivity (Wildman–Crippen MR) is 69.8 cm³/mol. The molecule has 0 aliphatic carbocycles. The second kappa shape index (κ2) is 8.12. The van der Waals surface area contributed by atoms with E-state index in [-0.39, 0.29) is 18.5 Å². The van der Waals surface area contributed by atoms with E-state index in [2.05, 4.69) is 19.7 Å². The summed E-state index contributed by atoms with van der Waals surface area (Å²) in [5, 5.41) is 8.93. The molecule has 1 aliphatic rings. The maximum absolute atomic E-state index is 13.5. The molecule has 2 heterocycles. The molecule has 0 amide bonds. The van der Waals surface area contributed by atoms with Crippen molar-refractivity contribution in [3.63, 3.8) is 0 Å². The number of aliphatic hydroxyl groups excluding tert-OH is 1. The third-order valence-electron chi connectivity index (χ3n) is 2.64. The number of halogens is 2. The normalized spacial score (nSPS) is 21.6. The van der Waals surface area contributed by atoms with Crippen LogP contribution in [-0.4, -0.2) is 59.8 Å². The van der Waals surface area contributed by atoms with Gasteiger partial charge in [-0.2, -0.15) is 0 Å². The van der Waals surface area contributed by atoms with Gasteiger partial charge < -0.3 is 0 Å². The van der Waals surface area contributed by atoms with E-state index in [0.29, 0.717) is 38.9 Å². The summed E-state index contributed by atoms with van der Waals surface area (Å²) < 4.78 is 22.7. The number of nitrogens with one attached hydrogen (secondary N) is 1. The number of nitrogens with zero attached hydrogens (tertiary/aromatic N) is 2. The van der Waals surface area contributed by atoms with E-state index in [1.165, 1.54) is 6.38 Å². The molecule has 6 nitrogen and oxygen atoms in total. The molecule has 104 valence electrons. The van der Waals surface area contributed by atoms with Crippen LogP contribution in [0.4, 0.5) is 10.2 Å². The average molecular weight is 483 g/mol. The summed E-state index contributed by atoms with van der Waals surface area (Å²) in [6, 6.07) is 0. The van der Waals surface area contributed by atoms with Gasteiger partial charge in [-0.15, -0.1) is 11.6 Å². The molecular weight excluding hydrogens is 469 g/mol. The van der Waals surface area contributed by atoms with Crippen molar-refractivity contribution in [2.24, 2.45) is 0 Å². The number of hydrogen-bond acceptors (Lipinski definition) is 5. The molecule has 0 aromatic carbocycles. The Morgan fingerprint density at radius 3 is 2.89 bits per heavy atom. The third-order valence-corrected chi connectivity index (χ3v) is 3.71. The van der Waals surface area contributed by atoms with Gasteiger partial charge >= 0.3 is 113 Å². The molecule has 2 N–H and O–H groups in total. The van der Waals surface area contributed by atoms with Crippen LogP contribution >= 0.6 is 11.6 Å². The van der Waals surface area contributed by atoms with Gasteiger partial charge in [0.25, 0.3) is 0 Å². The summed E-state index contributed by atoms with van der Waals surface area (Å²) in [5.41, 5.74) is -0.543. The van der Waals surface area contributed by atoms with Crippen molar-refractivity contribution in [1.29, 1.82) is 0 Å². The van der Waals surface area contributed by atoms with E-state index in [4.69, 9.17) is 9.84 Å². The molecule has 2 atom stereocenters. The SMILES string of the molecule is CCl.O=c1nc([NH][Tl])c(F)cn1C1CCC(CO)O1. The standard InChI is InChI=1S/C9H12FN3O3.CH3Cl.Tl/c10-6-3-13(9(15)12-8(6)11)7-2-1-5(4-14)16-7;1-2;/h3,5,7,14H,1-2,4H2,(H2,11,12,15);1H3;/q;;+1/p-1.